The van der Waals surface area contributed by atoms with Gasteiger partial charge in [0.1, 0.15) is 6.04 Å². The molecule has 202 valence electrons. The summed E-state index contributed by atoms with van der Waals surface area (Å²) in [6.45, 7) is -0.278. The molecule has 0 bridgehead atoms. The molecule has 3 aliphatic rings. The molecule has 3 fully saturated rings. The molecule has 1 aromatic rings. The van der Waals surface area contributed by atoms with E-state index in [0.717, 1.165) is 25.7 Å². The lowest BCUT2D eigenvalue weighted by atomic mass is 9.82. The number of sulfonamides is 1. The number of piperazine rings is 1. The minimum Gasteiger partial charge on any atom is -0.475 e. The van der Waals surface area contributed by atoms with Crippen LogP contribution in [0.1, 0.15) is 50.5 Å². The highest BCUT2D eigenvalue weighted by Gasteiger charge is 2.47. The minimum absolute atomic E-state index is 0.0738. The Hall–Kier alpha value is -2.83. The van der Waals surface area contributed by atoms with Crippen LogP contribution in [0.2, 0.25) is 0 Å². The van der Waals surface area contributed by atoms with Gasteiger partial charge in [-0.05, 0) is 56.4 Å². The first kappa shape index (κ1) is 27.2. The summed E-state index contributed by atoms with van der Waals surface area (Å²) in [5, 5.41) is 11.9. The Morgan fingerprint density at radius 2 is 1.73 bits per heavy atom. The Morgan fingerprint density at radius 1 is 1.05 bits per heavy atom. The topological polar surface area (TPSA) is 167 Å². The van der Waals surface area contributed by atoms with Crippen LogP contribution in [0.4, 0.5) is 0 Å². The Kier molecular flexibility index (Phi) is 8.29. The van der Waals surface area contributed by atoms with Crippen LogP contribution < -0.4 is 11.1 Å². The Bertz CT molecular complexity index is 1130. The van der Waals surface area contributed by atoms with Crippen LogP contribution in [0, 0.1) is 5.92 Å². The number of benzene rings is 1. The van der Waals surface area contributed by atoms with Gasteiger partial charge in [-0.25, -0.2) is 13.2 Å². The molecule has 4 rings (SSSR count). The monoisotopic (exact) mass is 534 g/mol. The smallest absolute Gasteiger partial charge is 0.374 e. The predicted molar refractivity (Wildman–Crippen MR) is 133 cm³/mol. The van der Waals surface area contributed by atoms with Crippen LogP contribution in [-0.2, 0) is 35.0 Å². The van der Waals surface area contributed by atoms with Crippen LogP contribution >= 0.6 is 0 Å². The van der Waals surface area contributed by atoms with Crippen LogP contribution in [0.3, 0.4) is 0 Å². The molecule has 0 aromatic heterocycles. The molecule has 0 radical (unpaired) electrons. The molecule has 37 heavy (non-hydrogen) atoms. The van der Waals surface area contributed by atoms with E-state index in [1.807, 2.05) is 0 Å². The molecule has 2 saturated heterocycles. The Morgan fingerprint density at radius 3 is 2.38 bits per heavy atom. The van der Waals surface area contributed by atoms with E-state index < -0.39 is 51.7 Å². The second-order valence-corrected chi connectivity index (χ2v) is 12.3. The van der Waals surface area contributed by atoms with Crippen LogP contribution in [0.5, 0.6) is 0 Å². The maximum absolute atomic E-state index is 13.2. The van der Waals surface area contributed by atoms with E-state index in [1.54, 1.807) is 30.3 Å². The van der Waals surface area contributed by atoms with Gasteiger partial charge < -0.3 is 21.1 Å². The fourth-order valence-corrected chi connectivity index (χ4v) is 7.23. The van der Waals surface area contributed by atoms with Crippen LogP contribution in [0.25, 0.3) is 0 Å². The van der Waals surface area contributed by atoms with Gasteiger partial charge >= 0.3 is 5.97 Å². The van der Waals surface area contributed by atoms with E-state index in [-0.39, 0.29) is 37.2 Å². The molecule has 2 aliphatic heterocycles. The number of carboxylic acid groups (broad SMARTS) is 1. The molecule has 4 N–H and O–H groups in total. The zero-order chi connectivity index (χ0) is 26.7. The number of ketones is 1. The minimum atomic E-state index is -3.74. The summed E-state index contributed by atoms with van der Waals surface area (Å²) < 4.78 is 27.1. The number of hydrogen-bond acceptors (Lipinski definition) is 7. The van der Waals surface area contributed by atoms with Crippen molar-refractivity contribution < 1.29 is 32.7 Å². The molecule has 2 heterocycles. The molecule has 2 amide bonds. The molecule has 3 atom stereocenters. The third kappa shape index (κ3) is 6.36. The number of nitrogens with one attached hydrogen (secondary N) is 1. The van der Waals surface area contributed by atoms with Gasteiger partial charge in [-0.3, -0.25) is 14.4 Å². The first-order valence-electron chi connectivity index (χ1n) is 12.7. The first-order chi connectivity index (χ1) is 17.5. The highest BCUT2D eigenvalue weighted by Crippen LogP contribution is 2.31. The molecule has 1 aromatic carbocycles. The molecule has 1 aliphatic carbocycles. The first-order valence-corrected chi connectivity index (χ1v) is 14.3. The van der Waals surface area contributed by atoms with E-state index in [9.17, 15) is 32.7 Å². The number of aliphatic carboxylic acids is 1. The van der Waals surface area contributed by atoms with Gasteiger partial charge in [-0.15, -0.1) is 0 Å². The maximum atomic E-state index is 13.2. The van der Waals surface area contributed by atoms with Crippen molar-refractivity contribution in [3.8, 4) is 0 Å². The molecular formula is C25H34N4O7S. The summed E-state index contributed by atoms with van der Waals surface area (Å²) in [5.41, 5.74) is 6.56. The maximum Gasteiger partial charge on any atom is 0.374 e. The normalized spacial score (nSPS) is 27.4. The second-order valence-electron chi connectivity index (χ2n) is 10.3. The summed E-state index contributed by atoms with van der Waals surface area (Å²) >= 11 is 0. The quantitative estimate of drug-likeness (QED) is 0.379. The molecule has 11 nitrogen and oxygen atoms in total. The van der Waals surface area contributed by atoms with Crippen molar-refractivity contribution in [3.63, 3.8) is 0 Å². The van der Waals surface area contributed by atoms with Crippen molar-refractivity contribution in [3.05, 3.63) is 35.9 Å². The zero-order valence-electron chi connectivity index (χ0n) is 20.6. The fourth-order valence-electron chi connectivity index (χ4n) is 5.72. The lowest BCUT2D eigenvalue weighted by molar-refractivity contribution is -0.151. The van der Waals surface area contributed by atoms with E-state index in [0.29, 0.717) is 18.4 Å². The third-order valence-corrected chi connectivity index (χ3v) is 9.47. The van der Waals surface area contributed by atoms with Gasteiger partial charge in [0.2, 0.25) is 21.8 Å². The summed E-state index contributed by atoms with van der Waals surface area (Å²) in [5.74, 6) is -3.90. The molecule has 1 saturated carbocycles. The Balaban J connectivity index is 1.41. The van der Waals surface area contributed by atoms with Gasteiger partial charge in [-0.1, -0.05) is 30.3 Å². The number of carbonyl (C=O) groups excluding carboxylic acids is 3. The van der Waals surface area contributed by atoms with Crippen LogP contribution in [-0.4, -0.2) is 83.6 Å². The SMILES string of the molecule is NC1CCC(CC(NC(=O)[C@@H]2CC[C@H]3CN(S(=O)(=O)Cc4ccccc4)CC(=O)N32)C(=O)C(=O)O)CC1. The van der Waals surface area contributed by atoms with Crippen molar-refractivity contribution in [2.24, 2.45) is 11.7 Å². The number of carboxylic acids is 1. The Labute approximate surface area is 216 Å². The van der Waals surface area contributed by atoms with E-state index in [4.69, 9.17) is 5.73 Å². The van der Waals surface area contributed by atoms with Gasteiger partial charge in [0, 0.05) is 18.6 Å². The number of fused-ring (bicyclic) bond motifs is 1. The van der Waals surface area contributed by atoms with E-state index in [2.05, 4.69) is 5.32 Å². The van der Waals surface area contributed by atoms with Gasteiger partial charge in [0.25, 0.3) is 5.78 Å². The number of amides is 2. The number of rotatable bonds is 9. The average Bonchev–Trinajstić information content (AvgIpc) is 3.30. The number of nitrogens with two attached hydrogens (primary N) is 1. The highest BCUT2D eigenvalue weighted by atomic mass is 32.2. The summed E-state index contributed by atoms with van der Waals surface area (Å²) in [4.78, 5) is 51.5. The average molecular weight is 535 g/mol. The van der Waals surface area contributed by atoms with Gasteiger partial charge in [0.15, 0.2) is 0 Å². The van der Waals surface area contributed by atoms with Crippen molar-refractivity contribution in [2.75, 3.05) is 13.1 Å². The lowest BCUT2D eigenvalue weighted by Gasteiger charge is -2.39. The lowest BCUT2D eigenvalue weighted by Crippen LogP contribution is -2.60. The van der Waals surface area contributed by atoms with Crippen molar-refractivity contribution >= 4 is 33.6 Å². The van der Waals surface area contributed by atoms with E-state index >= 15 is 0 Å². The summed E-state index contributed by atoms with van der Waals surface area (Å²) in [6, 6.07) is 6.28. The van der Waals surface area contributed by atoms with Gasteiger partial charge in [-0.2, -0.15) is 4.31 Å². The fraction of sp³-hybridized carbons (Fsp3) is 0.600. The molecule has 1 unspecified atom stereocenters. The second kappa shape index (κ2) is 11.3. The predicted octanol–water partition coefficient (Wildman–Crippen LogP) is 0.238. The summed E-state index contributed by atoms with van der Waals surface area (Å²) in [7, 11) is -3.74. The van der Waals surface area contributed by atoms with Crippen molar-refractivity contribution in [2.45, 2.75) is 74.9 Å². The number of hydrogen-bond donors (Lipinski definition) is 3. The van der Waals surface area contributed by atoms with Gasteiger partial charge in [0.05, 0.1) is 18.3 Å². The third-order valence-electron chi connectivity index (χ3n) is 7.71. The number of Topliss-reactive ketones (excluding diaryl/α,β-unsaturated/α-hetero) is 1. The van der Waals surface area contributed by atoms with Crippen LogP contribution in [0.15, 0.2) is 30.3 Å². The number of nitrogens with zero attached hydrogens (tertiary/aromatic N) is 2. The molecular weight excluding hydrogens is 500 g/mol. The van der Waals surface area contributed by atoms with Crippen molar-refractivity contribution in [1.82, 2.24) is 14.5 Å². The molecule has 12 heteroatoms. The largest absolute Gasteiger partial charge is 0.475 e. The zero-order valence-corrected chi connectivity index (χ0v) is 21.4. The number of carbonyl (C=O) groups is 4. The summed E-state index contributed by atoms with van der Waals surface area (Å²) in [6.07, 6.45) is 4.01. The van der Waals surface area contributed by atoms with Crippen molar-refractivity contribution in [1.29, 1.82) is 0 Å². The standard InChI is InChI=1S/C25H34N4O7S/c26-18-8-6-16(7-9-18)12-20(23(31)25(33)34)27-24(32)21-11-10-19-13-28(14-22(30)29(19)21)37(35,36)15-17-4-2-1-3-5-17/h1-5,16,18-21H,6-15,26H2,(H,27,32)(H,33,34)/t16?,18?,19-,20?,21-/m0/s1. The van der Waals surface area contributed by atoms with E-state index in [1.165, 1.54) is 9.21 Å². The molecule has 0 spiro atoms. The highest BCUT2D eigenvalue weighted by molar-refractivity contribution is 7.88.